The number of amides is 1. The molecule has 1 amide bonds. The van der Waals surface area contributed by atoms with E-state index in [1.165, 1.54) is 18.2 Å². The summed E-state index contributed by atoms with van der Waals surface area (Å²) in [5.74, 6) is -1.27. The standard InChI is InChI=1S/C12H13ClF3NO4S/c1-22(19,20)5-4-11(18)17-9-6-8(13)2-3-10(9)21-7-12(14,15)16/h2-3,6H,4-5,7H2,1H3,(H,17,18). The van der Waals surface area contributed by atoms with Crippen molar-refractivity contribution in [3.63, 3.8) is 0 Å². The highest BCUT2D eigenvalue weighted by atomic mass is 35.5. The Morgan fingerprint density at radius 3 is 2.55 bits per heavy atom. The molecule has 0 aliphatic rings. The number of sulfone groups is 1. The molecule has 0 heterocycles. The van der Waals surface area contributed by atoms with Crippen LogP contribution in [0.25, 0.3) is 0 Å². The average Bonchev–Trinajstić information content (AvgIpc) is 2.33. The first-order valence-corrected chi connectivity index (χ1v) is 8.37. The Hall–Kier alpha value is -1.48. The van der Waals surface area contributed by atoms with E-state index in [-0.39, 0.29) is 28.6 Å². The molecule has 1 N–H and O–H groups in total. The Morgan fingerprint density at radius 2 is 2.00 bits per heavy atom. The minimum absolute atomic E-state index is 0.0600. The SMILES string of the molecule is CS(=O)(=O)CCC(=O)Nc1cc(Cl)ccc1OCC(F)(F)F. The average molecular weight is 360 g/mol. The molecule has 10 heteroatoms. The highest BCUT2D eigenvalue weighted by Gasteiger charge is 2.29. The molecular weight excluding hydrogens is 347 g/mol. The molecule has 5 nitrogen and oxygen atoms in total. The number of benzene rings is 1. The van der Waals surface area contributed by atoms with Crippen molar-refractivity contribution in [2.75, 3.05) is 23.9 Å². The van der Waals surface area contributed by atoms with Crippen molar-refractivity contribution in [3.05, 3.63) is 23.2 Å². The van der Waals surface area contributed by atoms with Gasteiger partial charge in [0, 0.05) is 17.7 Å². The summed E-state index contributed by atoms with van der Waals surface area (Å²) in [6.45, 7) is -1.53. The van der Waals surface area contributed by atoms with Gasteiger partial charge in [0.2, 0.25) is 5.91 Å². The van der Waals surface area contributed by atoms with Gasteiger partial charge in [-0.1, -0.05) is 11.6 Å². The molecule has 0 bridgehead atoms. The number of ether oxygens (including phenoxy) is 1. The van der Waals surface area contributed by atoms with E-state index in [4.69, 9.17) is 11.6 Å². The Bertz CT molecular complexity index is 646. The van der Waals surface area contributed by atoms with Crippen LogP contribution in [0.15, 0.2) is 18.2 Å². The van der Waals surface area contributed by atoms with Crippen molar-refractivity contribution >= 4 is 33.0 Å². The fourth-order valence-electron chi connectivity index (χ4n) is 1.38. The van der Waals surface area contributed by atoms with Gasteiger partial charge in [-0.2, -0.15) is 13.2 Å². The maximum Gasteiger partial charge on any atom is 0.422 e. The Morgan fingerprint density at radius 1 is 1.36 bits per heavy atom. The highest BCUT2D eigenvalue weighted by Crippen LogP contribution is 2.29. The van der Waals surface area contributed by atoms with E-state index in [0.29, 0.717) is 0 Å². The lowest BCUT2D eigenvalue weighted by Crippen LogP contribution is -2.21. The van der Waals surface area contributed by atoms with Crippen molar-refractivity contribution in [3.8, 4) is 5.75 Å². The maximum absolute atomic E-state index is 12.2. The number of carbonyl (C=O) groups is 1. The predicted molar refractivity (Wildman–Crippen MR) is 76.0 cm³/mol. The normalized spacial score (nSPS) is 12.0. The Labute approximate surface area is 130 Å². The number of carbonyl (C=O) groups excluding carboxylic acids is 1. The van der Waals surface area contributed by atoms with E-state index in [9.17, 15) is 26.4 Å². The molecule has 0 saturated heterocycles. The molecule has 0 unspecified atom stereocenters. The largest absolute Gasteiger partial charge is 0.482 e. The van der Waals surface area contributed by atoms with Crippen molar-refractivity contribution in [1.29, 1.82) is 0 Å². The lowest BCUT2D eigenvalue weighted by Gasteiger charge is -2.14. The first kappa shape index (κ1) is 18.6. The molecule has 0 radical (unpaired) electrons. The number of anilines is 1. The lowest BCUT2D eigenvalue weighted by molar-refractivity contribution is -0.153. The summed E-state index contributed by atoms with van der Waals surface area (Å²) in [6, 6.07) is 3.70. The third-order valence-electron chi connectivity index (χ3n) is 2.31. The molecule has 1 rings (SSSR count). The second kappa shape index (κ2) is 7.19. The second-order valence-corrected chi connectivity index (χ2v) is 7.17. The van der Waals surface area contributed by atoms with Crippen LogP contribution in [0.2, 0.25) is 5.02 Å². The fraction of sp³-hybridized carbons (Fsp3) is 0.417. The number of rotatable bonds is 6. The summed E-state index contributed by atoms with van der Waals surface area (Å²) < 4.78 is 63.0. The zero-order valence-corrected chi connectivity index (χ0v) is 13.0. The first-order valence-electron chi connectivity index (χ1n) is 5.93. The third kappa shape index (κ3) is 7.51. The van der Waals surface area contributed by atoms with E-state index in [2.05, 4.69) is 10.1 Å². The zero-order chi connectivity index (χ0) is 17.0. The number of nitrogens with one attached hydrogen (secondary N) is 1. The van der Waals surface area contributed by atoms with Gasteiger partial charge in [0.05, 0.1) is 11.4 Å². The van der Waals surface area contributed by atoms with Gasteiger partial charge < -0.3 is 10.1 Å². The first-order chi connectivity index (χ1) is 9.96. The minimum atomic E-state index is -4.53. The Kier molecular flexibility index (Phi) is 6.07. The van der Waals surface area contributed by atoms with Crippen LogP contribution in [-0.2, 0) is 14.6 Å². The van der Waals surface area contributed by atoms with Gasteiger partial charge in [-0.05, 0) is 18.2 Å². The molecule has 0 fully saturated rings. The molecule has 0 aromatic heterocycles. The monoisotopic (exact) mass is 359 g/mol. The quantitative estimate of drug-likeness (QED) is 0.847. The van der Waals surface area contributed by atoms with Gasteiger partial charge >= 0.3 is 6.18 Å². The highest BCUT2D eigenvalue weighted by molar-refractivity contribution is 7.90. The van der Waals surface area contributed by atoms with E-state index in [1.807, 2.05) is 0 Å². The summed E-state index contributed by atoms with van der Waals surface area (Å²) in [4.78, 5) is 11.6. The van der Waals surface area contributed by atoms with Crippen LogP contribution in [0, 0.1) is 0 Å². The lowest BCUT2D eigenvalue weighted by atomic mass is 10.3. The van der Waals surface area contributed by atoms with Crippen LogP contribution >= 0.6 is 11.6 Å². The van der Waals surface area contributed by atoms with Crippen molar-refractivity contribution < 1.29 is 31.1 Å². The van der Waals surface area contributed by atoms with E-state index >= 15 is 0 Å². The van der Waals surface area contributed by atoms with Crippen molar-refractivity contribution in [2.45, 2.75) is 12.6 Å². The maximum atomic E-state index is 12.2. The van der Waals surface area contributed by atoms with Gasteiger partial charge in [0.25, 0.3) is 0 Å². The topological polar surface area (TPSA) is 72.5 Å². The summed E-state index contributed by atoms with van der Waals surface area (Å²) >= 11 is 5.72. The van der Waals surface area contributed by atoms with E-state index < -0.39 is 28.5 Å². The molecular formula is C12H13ClF3NO4S. The van der Waals surface area contributed by atoms with E-state index in [0.717, 1.165) is 6.26 Å². The van der Waals surface area contributed by atoms with Crippen LogP contribution < -0.4 is 10.1 Å². The number of alkyl halides is 3. The fourth-order valence-corrected chi connectivity index (χ4v) is 2.10. The van der Waals surface area contributed by atoms with Crippen molar-refractivity contribution in [1.82, 2.24) is 0 Å². The number of hydrogen-bond donors (Lipinski definition) is 1. The molecule has 124 valence electrons. The zero-order valence-electron chi connectivity index (χ0n) is 11.4. The Balaban J connectivity index is 2.79. The molecule has 0 spiro atoms. The predicted octanol–water partition coefficient (Wildman–Crippen LogP) is 2.65. The molecule has 0 aliphatic carbocycles. The van der Waals surface area contributed by atoms with Gasteiger partial charge in [-0.15, -0.1) is 0 Å². The molecule has 22 heavy (non-hydrogen) atoms. The summed E-state index contributed by atoms with van der Waals surface area (Å²) in [6.07, 6.45) is -3.89. The smallest absolute Gasteiger partial charge is 0.422 e. The molecule has 1 aromatic carbocycles. The van der Waals surface area contributed by atoms with Gasteiger partial charge in [0.1, 0.15) is 15.6 Å². The summed E-state index contributed by atoms with van der Waals surface area (Å²) in [5, 5.41) is 2.46. The van der Waals surface area contributed by atoms with Crippen LogP contribution in [0.3, 0.4) is 0 Å². The van der Waals surface area contributed by atoms with Crippen LogP contribution in [0.5, 0.6) is 5.75 Å². The van der Waals surface area contributed by atoms with E-state index in [1.54, 1.807) is 0 Å². The molecule has 0 aliphatic heterocycles. The third-order valence-corrected chi connectivity index (χ3v) is 3.49. The molecule has 0 saturated carbocycles. The molecule has 0 atom stereocenters. The number of halogens is 4. The van der Waals surface area contributed by atoms with Crippen LogP contribution in [-0.4, -0.2) is 39.1 Å². The van der Waals surface area contributed by atoms with Gasteiger partial charge in [-0.3, -0.25) is 4.79 Å². The van der Waals surface area contributed by atoms with Gasteiger partial charge in [0.15, 0.2) is 6.61 Å². The van der Waals surface area contributed by atoms with Gasteiger partial charge in [-0.25, -0.2) is 8.42 Å². The van der Waals surface area contributed by atoms with Crippen LogP contribution in [0.1, 0.15) is 6.42 Å². The number of hydrogen-bond acceptors (Lipinski definition) is 4. The summed E-state index contributed by atoms with van der Waals surface area (Å²) in [5.41, 5.74) is -0.0600. The second-order valence-electron chi connectivity index (χ2n) is 4.47. The van der Waals surface area contributed by atoms with Crippen LogP contribution in [0.4, 0.5) is 18.9 Å². The van der Waals surface area contributed by atoms with Crippen molar-refractivity contribution in [2.24, 2.45) is 0 Å². The summed E-state index contributed by atoms with van der Waals surface area (Å²) in [7, 11) is -3.33. The molecule has 1 aromatic rings. The minimum Gasteiger partial charge on any atom is -0.482 e.